The van der Waals surface area contributed by atoms with Crippen molar-refractivity contribution in [2.45, 2.75) is 77.0 Å². The van der Waals surface area contributed by atoms with E-state index in [9.17, 15) is 14.4 Å². The van der Waals surface area contributed by atoms with Crippen molar-refractivity contribution in [2.75, 3.05) is 13.1 Å². The van der Waals surface area contributed by atoms with E-state index in [1.165, 1.54) is 0 Å². The predicted octanol–water partition coefficient (Wildman–Crippen LogP) is 4.63. The number of hydrogen-bond donors (Lipinski definition) is 3. The molecule has 2 fully saturated rings. The van der Waals surface area contributed by atoms with Crippen LogP contribution >= 0.6 is 11.6 Å². The Morgan fingerprint density at radius 1 is 1.03 bits per heavy atom. The van der Waals surface area contributed by atoms with E-state index in [4.69, 9.17) is 16.3 Å². The summed E-state index contributed by atoms with van der Waals surface area (Å²) >= 11 is 6.06. The zero-order valence-corrected chi connectivity index (χ0v) is 22.4. The van der Waals surface area contributed by atoms with Crippen LogP contribution in [0.3, 0.4) is 0 Å². The van der Waals surface area contributed by atoms with Gasteiger partial charge >= 0.3 is 6.09 Å². The third-order valence-corrected chi connectivity index (χ3v) is 7.00. The van der Waals surface area contributed by atoms with E-state index in [0.717, 1.165) is 36.6 Å². The van der Waals surface area contributed by atoms with Crippen LogP contribution in [0.1, 0.15) is 69.8 Å². The molecule has 1 aliphatic carbocycles. The SMILES string of the molecule is CC(C)(C)OC(=O)N1CCC(C#CC(=O)N[C@@H]2CCCC[C@@H]2NC(=O)c2cc3cc(Cl)ccc3[nH]2)CC1. The molecule has 0 bridgehead atoms. The summed E-state index contributed by atoms with van der Waals surface area (Å²) in [4.78, 5) is 42.6. The lowest BCUT2D eigenvalue weighted by atomic mass is 9.90. The Morgan fingerprint density at radius 3 is 2.38 bits per heavy atom. The van der Waals surface area contributed by atoms with E-state index in [2.05, 4.69) is 27.5 Å². The number of carbonyl (C=O) groups is 3. The molecule has 0 spiro atoms. The average molecular weight is 527 g/mol. The summed E-state index contributed by atoms with van der Waals surface area (Å²) < 4.78 is 5.43. The number of amides is 3. The van der Waals surface area contributed by atoms with Crippen LogP contribution in [0.5, 0.6) is 0 Å². The number of fused-ring (bicyclic) bond motifs is 1. The highest BCUT2D eigenvalue weighted by Gasteiger charge is 2.29. The molecule has 2 atom stereocenters. The predicted molar refractivity (Wildman–Crippen MR) is 143 cm³/mol. The van der Waals surface area contributed by atoms with Crippen LogP contribution in [0.15, 0.2) is 24.3 Å². The Bertz CT molecular complexity index is 1210. The van der Waals surface area contributed by atoms with Crippen LogP contribution < -0.4 is 10.6 Å². The van der Waals surface area contributed by atoms with Gasteiger partial charge in [0.05, 0.1) is 0 Å². The maximum atomic E-state index is 12.9. The Labute approximate surface area is 222 Å². The van der Waals surface area contributed by atoms with Gasteiger partial charge in [0.1, 0.15) is 11.3 Å². The first-order valence-electron chi connectivity index (χ1n) is 13.0. The van der Waals surface area contributed by atoms with Crippen LogP contribution in [0.2, 0.25) is 5.02 Å². The van der Waals surface area contributed by atoms with Crippen LogP contribution in [0, 0.1) is 17.8 Å². The number of benzene rings is 1. The summed E-state index contributed by atoms with van der Waals surface area (Å²) in [6.07, 6.45) is 4.65. The number of carbonyl (C=O) groups excluding carboxylic acids is 3. The molecule has 8 nitrogen and oxygen atoms in total. The minimum Gasteiger partial charge on any atom is -0.444 e. The number of hydrogen-bond acceptors (Lipinski definition) is 4. The molecule has 1 saturated heterocycles. The van der Waals surface area contributed by atoms with Crippen molar-refractivity contribution < 1.29 is 19.1 Å². The second-order valence-corrected chi connectivity index (χ2v) is 11.3. The molecule has 0 unspecified atom stereocenters. The first-order chi connectivity index (χ1) is 17.6. The summed E-state index contributed by atoms with van der Waals surface area (Å²) in [7, 11) is 0. The van der Waals surface area contributed by atoms with E-state index in [1.54, 1.807) is 17.0 Å². The molecule has 1 aromatic heterocycles. The van der Waals surface area contributed by atoms with Gasteiger partial charge in [0.15, 0.2) is 0 Å². The van der Waals surface area contributed by atoms with Gasteiger partial charge in [-0.05, 0) is 76.6 Å². The molecule has 0 radical (unpaired) electrons. The third kappa shape index (κ3) is 7.42. The highest BCUT2D eigenvalue weighted by atomic mass is 35.5. The molecule has 1 aromatic carbocycles. The van der Waals surface area contributed by atoms with E-state index < -0.39 is 5.60 Å². The summed E-state index contributed by atoms with van der Waals surface area (Å²) in [6.45, 7) is 6.67. The van der Waals surface area contributed by atoms with Crippen molar-refractivity contribution in [1.29, 1.82) is 0 Å². The maximum absolute atomic E-state index is 12.9. The number of nitrogens with one attached hydrogen (secondary N) is 3. The normalized spacial score (nSPS) is 20.6. The lowest BCUT2D eigenvalue weighted by molar-refractivity contribution is -0.116. The lowest BCUT2D eigenvalue weighted by Crippen LogP contribution is -2.53. The molecular weight excluding hydrogens is 492 g/mol. The van der Waals surface area contributed by atoms with Crippen molar-refractivity contribution >= 4 is 40.4 Å². The minimum absolute atomic E-state index is 0.0572. The molecule has 198 valence electrons. The first kappa shape index (κ1) is 26.9. The van der Waals surface area contributed by atoms with Crippen molar-refractivity contribution in [3.05, 3.63) is 35.0 Å². The highest BCUT2D eigenvalue weighted by molar-refractivity contribution is 6.31. The molecule has 3 amide bonds. The zero-order chi connectivity index (χ0) is 26.6. The number of ether oxygens (including phenoxy) is 1. The van der Waals surface area contributed by atoms with Gasteiger partial charge in [-0.1, -0.05) is 30.4 Å². The number of nitrogens with zero attached hydrogens (tertiary/aromatic N) is 1. The largest absolute Gasteiger partial charge is 0.444 e. The van der Waals surface area contributed by atoms with Gasteiger partial charge < -0.3 is 25.3 Å². The summed E-state index contributed by atoms with van der Waals surface area (Å²) in [5.74, 6) is 5.34. The second kappa shape index (κ2) is 11.5. The molecule has 37 heavy (non-hydrogen) atoms. The van der Waals surface area contributed by atoms with Crippen LogP contribution in [0.4, 0.5) is 4.79 Å². The fourth-order valence-electron chi connectivity index (χ4n) is 4.85. The van der Waals surface area contributed by atoms with E-state index in [1.807, 2.05) is 32.9 Å². The lowest BCUT2D eigenvalue weighted by Gasteiger charge is -2.32. The average Bonchev–Trinajstić information content (AvgIpc) is 3.27. The summed E-state index contributed by atoms with van der Waals surface area (Å²) in [6, 6.07) is 6.88. The summed E-state index contributed by atoms with van der Waals surface area (Å²) in [5, 5.41) is 7.59. The molecule has 1 saturated carbocycles. The maximum Gasteiger partial charge on any atom is 0.410 e. The topological polar surface area (TPSA) is 104 Å². The Kier molecular flexibility index (Phi) is 8.33. The van der Waals surface area contributed by atoms with Crippen LogP contribution in [0.25, 0.3) is 10.9 Å². The number of halogens is 1. The van der Waals surface area contributed by atoms with Gasteiger partial charge in [-0.25, -0.2) is 4.79 Å². The van der Waals surface area contributed by atoms with E-state index >= 15 is 0 Å². The van der Waals surface area contributed by atoms with Gasteiger partial charge in [0.2, 0.25) is 0 Å². The fourth-order valence-corrected chi connectivity index (χ4v) is 5.03. The van der Waals surface area contributed by atoms with Crippen molar-refractivity contribution in [1.82, 2.24) is 20.5 Å². The second-order valence-electron chi connectivity index (χ2n) is 10.9. The Balaban J connectivity index is 1.29. The monoisotopic (exact) mass is 526 g/mol. The van der Waals surface area contributed by atoms with E-state index in [0.29, 0.717) is 36.6 Å². The molecule has 4 rings (SSSR count). The van der Waals surface area contributed by atoms with Crippen LogP contribution in [-0.2, 0) is 9.53 Å². The number of piperidine rings is 1. The molecule has 2 aliphatic rings. The van der Waals surface area contributed by atoms with Gasteiger partial charge in [-0.15, -0.1) is 0 Å². The van der Waals surface area contributed by atoms with Gasteiger partial charge in [-0.3, -0.25) is 9.59 Å². The first-order valence-corrected chi connectivity index (χ1v) is 13.3. The van der Waals surface area contributed by atoms with Gasteiger partial charge in [0.25, 0.3) is 11.8 Å². The third-order valence-electron chi connectivity index (χ3n) is 6.76. The number of aromatic nitrogens is 1. The smallest absolute Gasteiger partial charge is 0.410 e. The van der Waals surface area contributed by atoms with Crippen molar-refractivity contribution in [2.24, 2.45) is 5.92 Å². The molecule has 3 N–H and O–H groups in total. The molecule has 2 heterocycles. The number of rotatable bonds is 3. The summed E-state index contributed by atoms with van der Waals surface area (Å²) in [5.41, 5.74) is 0.784. The number of H-pyrrole nitrogens is 1. The molecule has 2 aromatic rings. The van der Waals surface area contributed by atoms with Crippen molar-refractivity contribution in [3.63, 3.8) is 0 Å². The molecule has 1 aliphatic heterocycles. The number of likely N-dealkylation sites (tertiary alicyclic amines) is 1. The van der Waals surface area contributed by atoms with Gasteiger partial charge in [-0.2, -0.15) is 0 Å². The minimum atomic E-state index is -0.522. The zero-order valence-electron chi connectivity index (χ0n) is 21.7. The highest BCUT2D eigenvalue weighted by Crippen LogP contribution is 2.23. The van der Waals surface area contributed by atoms with Crippen LogP contribution in [-0.4, -0.2) is 58.6 Å². The Morgan fingerprint density at radius 2 is 1.70 bits per heavy atom. The van der Waals surface area contributed by atoms with E-state index in [-0.39, 0.29) is 35.9 Å². The standard InChI is InChI=1S/C28H35ClN4O4/c1-28(2,3)37-27(36)33-14-12-18(13-15-33)8-11-25(34)31-22-6-4-5-7-23(22)32-26(35)24-17-19-16-20(29)9-10-21(19)30-24/h9-10,16-18,22-23,30H,4-7,12-15H2,1-3H3,(H,31,34)(H,32,35)/t22-,23+/m1/s1. The van der Waals surface area contributed by atoms with Crippen molar-refractivity contribution in [3.8, 4) is 11.8 Å². The fraction of sp³-hybridized carbons (Fsp3) is 0.536. The Hall–Kier alpha value is -3.18. The quantitative estimate of drug-likeness (QED) is 0.507. The molecular formula is C28H35ClN4O4. The number of aromatic amines is 1. The molecule has 9 heteroatoms. The van der Waals surface area contributed by atoms with Gasteiger partial charge in [0, 0.05) is 47.0 Å².